The Balaban J connectivity index is 2.11. The summed E-state index contributed by atoms with van der Waals surface area (Å²) in [4.78, 5) is 23.7. The number of nitrogens with one attached hydrogen (secondary N) is 1. The van der Waals surface area contributed by atoms with Gasteiger partial charge in [0, 0.05) is 11.5 Å². The molecular formula is C15H11N3O3. The maximum absolute atomic E-state index is 11.9. The summed E-state index contributed by atoms with van der Waals surface area (Å²) in [7, 11) is 0. The van der Waals surface area contributed by atoms with Crippen LogP contribution in [-0.2, 0) is 4.79 Å². The number of aliphatic hydroxyl groups excluding tert-OH is 1. The molecule has 2 amide bonds. The van der Waals surface area contributed by atoms with Gasteiger partial charge in [0.2, 0.25) is 0 Å². The molecule has 1 aliphatic rings. The van der Waals surface area contributed by atoms with Crippen LogP contribution in [0.25, 0.3) is 0 Å². The van der Waals surface area contributed by atoms with Gasteiger partial charge in [-0.1, -0.05) is 0 Å². The second-order valence-corrected chi connectivity index (χ2v) is 4.62. The van der Waals surface area contributed by atoms with Crippen LogP contribution < -0.4 is 5.32 Å². The molecule has 0 spiro atoms. The Hall–Kier alpha value is -3.12. The number of hydrogen-bond acceptors (Lipinski definition) is 5. The molecule has 0 unspecified atom stereocenters. The molecule has 6 nitrogen and oxygen atoms in total. The topological polar surface area (TPSA) is 114 Å². The van der Waals surface area contributed by atoms with Gasteiger partial charge in [0.1, 0.15) is 11.8 Å². The average Bonchev–Trinajstić information content (AvgIpc) is 3.32. The molecule has 0 saturated heterocycles. The summed E-state index contributed by atoms with van der Waals surface area (Å²) in [6, 6.07) is 9.23. The molecule has 1 aromatic carbocycles. The van der Waals surface area contributed by atoms with Crippen molar-refractivity contribution in [1.29, 1.82) is 10.5 Å². The summed E-state index contributed by atoms with van der Waals surface area (Å²) in [5, 5.41) is 29.3. The van der Waals surface area contributed by atoms with E-state index in [2.05, 4.69) is 0 Å². The molecular weight excluding hydrogens is 270 g/mol. The van der Waals surface area contributed by atoms with Gasteiger partial charge in [0.15, 0.2) is 5.57 Å². The smallest absolute Gasteiger partial charge is 0.272 e. The SMILES string of the molecule is N#CC(C(=O)NC(=O)c1ccc(C#N)cc1)=C(O)C1CC1. The van der Waals surface area contributed by atoms with E-state index in [1.165, 1.54) is 24.3 Å². The maximum atomic E-state index is 11.9. The van der Waals surface area contributed by atoms with E-state index in [0.29, 0.717) is 5.56 Å². The van der Waals surface area contributed by atoms with Crippen molar-refractivity contribution in [2.24, 2.45) is 5.92 Å². The number of aliphatic hydroxyl groups is 1. The summed E-state index contributed by atoms with van der Waals surface area (Å²) in [6.07, 6.45) is 1.46. The van der Waals surface area contributed by atoms with Crippen LogP contribution in [0.15, 0.2) is 35.6 Å². The van der Waals surface area contributed by atoms with E-state index < -0.39 is 17.4 Å². The predicted octanol–water partition coefficient (Wildman–Crippen LogP) is 1.56. The highest BCUT2D eigenvalue weighted by Gasteiger charge is 2.31. The third-order valence-electron chi connectivity index (χ3n) is 3.06. The van der Waals surface area contributed by atoms with Crippen molar-refractivity contribution in [2.45, 2.75) is 12.8 Å². The summed E-state index contributed by atoms with van der Waals surface area (Å²) < 4.78 is 0. The van der Waals surface area contributed by atoms with Crippen molar-refractivity contribution in [1.82, 2.24) is 5.32 Å². The Bertz CT molecular complexity index is 701. The Morgan fingerprint density at radius 2 is 1.81 bits per heavy atom. The lowest BCUT2D eigenvalue weighted by molar-refractivity contribution is -0.116. The van der Waals surface area contributed by atoms with Crippen molar-refractivity contribution < 1.29 is 14.7 Å². The van der Waals surface area contributed by atoms with E-state index in [1.54, 1.807) is 6.07 Å². The standard InChI is InChI=1S/C15H11N3O3/c16-7-9-1-3-11(4-2-9)14(20)18-15(21)12(8-17)13(19)10-5-6-10/h1-4,10,19H,5-6H2,(H,18,20,21). The second-order valence-electron chi connectivity index (χ2n) is 4.62. The first-order valence-electron chi connectivity index (χ1n) is 6.26. The zero-order valence-electron chi connectivity index (χ0n) is 11.0. The number of carbonyl (C=O) groups is 2. The third kappa shape index (κ3) is 3.26. The highest BCUT2D eigenvalue weighted by Crippen LogP contribution is 2.36. The molecule has 104 valence electrons. The molecule has 2 N–H and O–H groups in total. The van der Waals surface area contributed by atoms with E-state index in [9.17, 15) is 14.7 Å². The zero-order chi connectivity index (χ0) is 15.4. The van der Waals surface area contributed by atoms with Gasteiger partial charge in [0.25, 0.3) is 11.8 Å². The molecule has 1 aliphatic carbocycles. The van der Waals surface area contributed by atoms with Crippen molar-refractivity contribution in [3.8, 4) is 12.1 Å². The summed E-state index contributed by atoms with van der Waals surface area (Å²) >= 11 is 0. The Labute approximate surface area is 120 Å². The van der Waals surface area contributed by atoms with E-state index in [1.807, 2.05) is 11.4 Å². The Morgan fingerprint density at radius 3 is 2.29 bits per heavy atom. The average molecular weight is 281 g/mol. The molecule has 6 heteroatoms. The van der Waals surface area contributed by atoms with Gasteiger partial charge < -0.3 is 5.11 Å². The molecule has 0 atom stereocenters. The highest BCUT2D eigenvalue weighted by molar-refractivity contribution is 6.11. The number of rotatable bonds is 3. The quantitative estimate of drug-likeness (QED) is 0.495. The van der Waals surface area contributed by atoms with Gasteiger partial charge >= 0.3 is 0 Å². The van der Waals surface area contributed by atoms with Gasteiger partial charge in [-0.05, 0) is 37.1 Å². The van der Waals surface area contributed by atoms with Crippen LogP contribution in [0.4, 0.5) is 0 Å². The van der Waals surface area contributed by atoms with E-state index in [4.69, 9.17) is 10.5 Å². The predicted molar refractivity (Wildman–Crippen MR) is 71.6 cm³/mol. The molecule has 0 radical (unpaired) electrons. The number of amides is 2. The fourth-order valence-electron chi connectivity index (χ4n) is 1.72. The number of benzene rings is 1. The minimum Gasteiger partial charge on any atom is -0.510 e. The molecule has 1 fully saturated rings. The number of nitrogens with zero attached hydrogens (tertiary/aromatic N) is 2. The van der Waals surface area contributed by atoms with E-state index >= 15 is 0 Å². The van der Waals surface area contributed by atoms with Crippen LogP contribution in [-0.4, -0.2) is 16.9 Å². The molecule has 0 bridgehead atoms. The normalized spacial score (nSPS) is 14.4. The number of imide groups is 1. The lowest BCUT2D eigenvalue weighted by Crippen LogP contribution is -2.32. The van der Waals surface area contributed by atoms with Crippen molar-refractivity contribution >= 4 is 11.8 Å². The highest BCUT2D eigenvalue weighted by atomic mass is 16.3. The summed E-state index contributed by atoms with van der Waals surface area (Å²) in [5.41, 5.74) is 0.145. The van der Waals surface area contributed by atoms with E-state index in [-0.39, 0.29) is 17.2 Å². The van der Waals surface area contributed by atoms with Crippen LogP contribution >= 0.6 is 0 Å². The zero-order valence-corrected chi connectivity index (χ0v) is 11.0. The number of hydrogen-bond donors (Lipinski definition) is 2. The van der Waals surface area contributed by atoms with Gasteiger partial charge in [0.05, 0.1) is 11.6 Å². The minimum absolute atomic E-state index is 0.157. The van der Waals surface area contributed by atoms with Crippen molar-refractivity contribution in [3.63, 3.8) is 0 Å². The first-order valence-corrected chi connectivity index (χ1v) is 6.26. The second kappa shape index (κ2) is 5.89. The van der Waals surface area contributed by atoms with Crippen molar-refractivity contribution in [2.75, 3.05) is 0 Å². The molecule has 0 heterocycles. The monoisotopic (exact) mass is 281 g/mol. The Kier molecular flexibility index (Phi) is 4.01. The number of allylic oxidation sites excluding steroid dienone is 1. The Morgan fingerprint density at radius 1 is 1.19 bits per heavy atom. The number of carbonyl (C=O) groups excluding carboxylic acids is 2. The third-order valence-corrected chi connectivity index (χ3v) is 3.06. The van der Waals surface area contributed by atoms with Crippen LogP contribution in [0.5, 0.6) is 0 Å². The van der Waals surface area contributed by atoms with Crippen LogP contribution in [0, 0.1) is 28.6 Å². The minimum atomic E-state index is -0.920. The number of nitriles is 2. The first-order chi connectivity index (χ1) is 10.1. The van der Waals surface area contributed by atoms with Gasteiger partial charge in [-0.15, -0.1) is 0 Å². The molecule has 21 heavy (non-hydrogen) atoms. The summed E-state index contributed by atoms with van der Waals surface area (Å²) in [6.45, 7) is 0. The van der Waals surface area contributed by atoms with Crippen LogP contribution in [0.1, 0.15) is 28.8 Å². The van der Waals surface area contributed by atoms with Crippen LogP contribution in [0.2, 0.25) is 0 Å². The maximum Gasteiger partial charge on any atom is 0.272 e. The molecule has 0 aliphatic heterocycles. The molecule has 0 aromatic heterocycles. The fraction of sp³-hybridized carbons (Fsp3) is 0.200. The van der Waals surface area contributed by atoms with Gasteiger partial charge in [-0.2, -0.15) is 10.5 Å². The first kappa shape index (κ1) is 14.3. The molecule has 2 rings (SSSR count). The summed E-state index contributed by atoms with van der Waals surface area (Å²) in [5.74, 6) is -2.03. The van der Waals surface area contributed by atoms with Gasteiger partial charge in [-0.3, -0.25) is 14.9 Å². The van der Waals surface area contributed by atoms with Gasteiger partial charge in [-0.25, -0.2) is 0 Å². The van der Waals surface area contributed by atoms with Crippen molar-refractivity contribution in [3.05, 3.63) is 46.7 Å². The largest absolute Gasteiger partial charge is 0.510 e. The lowest BCUT2D eigenvalue weighted by atomic mass is 10.1. The molecule has 1 aromatic rings. The lowest BCUT2D eigenvalue weighted by Gasteiger charge is -2.05. The van der Waals surface area contributed by atoms with E-state index in [0.717, 1.165) is 12.8 Å². The molecule has 1 saturated carbocycles. The fourth-order valence-corrected chi connectivity index (χ4v) is 1.72. The van der Waals surface area contributed by atoms with Crippen LogP contribution in [0.3, 0.4) is 0 Å².